The van der Waals surface area contributed by atoms with Gasteiger partial charge in [-0.2, -0.15) is 5.10 Å². The summed E-state index contributed by atoms with van der Waals surface area (Å²) in [7, 11) is 0. The summed E-state index contributed by atoms with van der Waals surface area (Å²) in [4.78, 5) is 28.6. The Morgan fingerprint density at radius 3 is 2.85 bits per heavy atom. The lowest BCUT2D eigenvalue weighted by atomic mass is 9.93. The Morgan fingerprint density at radius 2 is 2.04 bits per heavy atom. The van der Waals surface area contributed by atoms with E-state index in [2.05, 4.69) is 15.2 Å². The number of hydrogen-bond acceptors (Lipinski definition) is 3. The standard InChI is InChI=1S/C19H19FN4O2/c20-14-5-3-12(4-6-14)10-17(26)24-9-1-2-13(11-24)18-15-7-8-16(25)21-19(15)23-22-18/h3-8,13H,1-2,9-11H2,(H2,21,22,23,25)/t13-/m0/s1. The molecule has 0 spiro atoms. The molecule has 1 aliphatic heterocycles. The molecule has 0 saturated carbocycles. The van der Waals surface area contributed by atoms with E-state index in [4.69, 9.17) is 0 Å². The summed E-state index contributed by atoms with van der Waals surface area (Å²) in [5, 5.41) is 8.10. The highest BCUT2D eigenvalue weighted by Crippen LogP contribution is 2.29. The molecular formula is C19H19FN4O2. The zero-order valence-corrected chi connectivity index (χ0v) is 14.2. The molecule has 0 unspecified atom stereocenters. The largest absolute Gasteiger partial charge is 0.342 e. The minimum atomic E-state index is -0.302. The van der Waals surface area contributed by atoms with Crippen LogP contribution in [0.5, 0.6) is 0 Å². The van der Waals surface area contributed by atoms with Crippen LogP contribution in [0.15, 0.2) is 41.2 Å². The van der Waals surface area contributed by atoms with E-state index in [1.54, 1.807) is 18.2 Å². The van der Waals surface area contributed by atoms with E-state index in [0.717, 1.165) is 36.0 Å². The molecule has 1 atom stereocenters. The van der Waals surface area contributed by atoms with Gasteiger partial charge in [-0.05, 0) is 36.6 Å². The number of carbonyl (C=O) groups excluding carboxylic acids is 1. The van der Waals surface area contributed by atoms with Crippen molar-refractivity contribution in [3.05, 3.63) is 63.8 Å². The number of aromatic amines is 2. The zero-order chi connectivity index (χ0) is 18.1. The van der Waals surface area contributed by atoms with Gasteiger partial charge in [0.1, 0.15) is 5.82 Å². The van der Waals surface area contributed by atoms with E-state index >= 15 is 0 Å². The van der Waals surface area contributed by atoms with Crippen molar-refractivity contribution in [2.75, 3.05) is 13.1 Å². The van der Waals surface area contributed by atoms with E-state index in [1.807, 2.05) is 4.90 Å². The van der Waals surface area contributed by atoms with Gasteiger partial charge >= 0.3 is 0 Å². The highest BCUT2D eigenvalue weighted by molar-refractivity contribution is 5.80. The Labute approximate surface area is 149 Å². The minimum Gasteiger partial charge on any atom is -0.342 e. The van der Waals surface area contributed by atoms with Gasteiger partial charge in [0, 0.05) is 36.2 Å². The van der Waals surface area contributed by atoms with E-state index in [-0.39, 0.29) is 29.6 Å². The predicted molar refractivity (Wildman–Crippen MR) is 95.4 cm³/mol. The number of piperidine rings is 1. The van der Waals surface area contributed by atoms with Crippen LogP contribution in [0, 0.1) is 5.82 Å². The maximum Gasteiger partial charge on any atom is 0.249 e. The molecule has 0 aliphatic carbocycles. The fourth-order valence-corrected chi connectivity index (χ4v) is 3.58. The molecule has 4 rings (SSSR count). The van der Waals surface area contributed by atoms with Gasteiger partial charge in [0.05, 0.1) is 6.42 Å². The summed E-state index contributed by atoms with van der Waals surface area (Å²) >= 11 is 0. The molecule has 1 aromatic carbocycles. The van der Waals surface area contributed by atoms with Gasteiger partial charge < -0.3 is 9.88 Å². The second kappa shape index (κ2) is 6.74. The monoisotopic (exact) mass is 354 g/mol. The summed E-state index contributed by atoms with van der Waals surface area (Å²) in [5.41, 5.74) is 2.12. The van der Waals surface area contributed by atoms with Crippen LogP contribution in [-0.2, 0) is 11.2 Å². The summed E-state index contributed by atoms with van der Waals surface area (Å²) < 4.78 is 13.0. The number of rotatable bonds is 3. The third kappa shape index (κ3) is 3.24. The number of benzene rings is 1. The number of carbonyl (C=O) groups is 1. The molecule has 1 fully saturated rings. The fraction of sp³-hybridized carbons (Fsp3) is 0.316. The lowest BCUT2D eigenvalue weighted by molar-refractivity contribution is -0.131. The number of amides is 1. The van der Waals surface area contributed by atoms with Crippen LogP contribution < -0.4 is 5.56 Å². The molecule has 134 valence electrons. The second-order valence-corrected chi connectivity index (χ2v) is 6.70. The van der Waals surface area contributed by atoms with Crippen molar-refractivity contribution >= 4 is 16.9 Å². The van der Waals surface area contributed by atoms with E-state index in [0.29, 0.717) is 12.2 Å². The van der Waals surface area contributed by atoms with Crippen molar-refractivity contribution in [3.63, 3.8) is 0 Å². The summed E-state index contributed by atoms with van der Waals surface area (Å²) in [6, 6.07) is 9.30. The van der Waals surface area contributed by atoms with Crippen LogP contribution in [0.1, 0.15) is 30.0 Å². The van der Waals surface area contributed by atoms with Crippen molar-refractivity contribution in [3.8, 4) is 0 Å². The number of nitrogens with zero attached hydrogens (tertiary/aromatic N) is 2. The lowest BCUT2D eigenvalue weighted by Crippen LogP contribution is -2.40. The first-order valence-electron chi connectivity index (χ1n) is 8.69. The normalized spacial score (nSPS) is 17.6. The Morgan fingerprint density at radius 1 is 1.23 bits per heavy atom. The third-order valence-electron chi connectivity index (χ3n) is 4.93. The highest BCUT2D eigenvalue weighted by atomic mass is 19.1. The predicted octanol–water partition coefficient (Wildman–Crippen LogP) is 2.34. The van der Waals surface area contributed by atoms with Crippen LogP contribution in [0.2, 0.25) is 0 Å². The average molecular weight is 354 g/mol. The number of nitrogens with one attached hydrogen (secondary N) is 2. The molecule has 3 aromatic rings. The topological polar surface area (TPSA) is 81.8 Å². The van der Waals surface area contributed by atoms with Crippen molar-refractivity contribution in [2.24, 2.45) is 0 Å². The molecule has 1 amide bonds. The molecule has 2 aromatic heterocycles. The molecule has 0 bridgehead atoms. The average Bonchev–Trinajstić information content (AvgIpc) is 3.06. The Hall–Kier alpha value is -2.96. The van der Waals surface area contributed by atoms with Crippen molar-refractivity contribution in [2.45, 2.75) is 25.2 Å². The number of halogens is 1. The maximum atomic E-state index is 13.0. The molecule has 1 aliphatic rings. The SMILES string of the molecule is O=C(Cc1ccc(F)cc1)N1CCC[C@H](c2[nH]nc3[nH]c(=O)ccc23)C1. The number of likely N-dealkylation sites (tertiary alicyclic amines) is 1. The first-order valence-corrected chi connectivity index (χ1v) is 8.69. The van der Waals surface area contributed by atoms with Crippen molar-refractivity contribution in [1.29, 1.82) is 0 Å². The summed E-state index contributed by atoms with van der Waals surface area (Å²) in [6.45, 7) is 1.33. The van der Waals surface area contributed by atoms with Gasteiger partial charge in [0.25, 0.3) is 0 Å². The zero-order valence-electron chi connectivity index (χ0n) is 14.2. The Kier molecular flexibility index (Phi) is 4.28. The van der Waals surface area contributed by atoms with Crippen molar-refractivity contribution < 1.29 is 9.18 Å². The number of fused-ring (bicyclic) bond motifs is 1. The molecular weight excluding hydrogens is 335 g/mol. The number of H-pyrrole nitrogens is 2. The van der Waals surface area contributed by atoms with Gasteiger partial charge in [0.15, 0.2) is 5.65 Å². The Balaban J connectivity index is 1.50. The maximum absolute atomic E-state index is 13.0. The number of aromatic nitrogens is 3. The van der Waals surface area contributed by atoms with E-state index in [1.165, 1.54) is 18.2 Å². The van der Waals surface area contributed by atoms with Crippen molar-refractivity contribution in [1.82, 2.24) is 20.1 Å². The first-order chi connectivity index (χ1) is 12.6. The molecule has 0 radical (unpaired) electrons. The molecule has 3 heterocycles. The second-order valence-electron chi connectivity index (χ2n) is 6.70. The van der Waals surface area contributed by atoms with Crippen LogP contribution in [-0.4, -0.2) is 39.1 Å². The van der Waals surface area contributed by atoms with Crippen LogP contribution in [0.3, 0.4) is 0 Å². The van der Waals surface area contributed by atoms with Gasteiger partial charge in [-0.3, -0.25) is 14.7 Å². The third-order valence-corrected chi connectivity index (χ3v) is 4.93. The van der Waals surface area contributed by atoms with E-state index in [9.17, 15) is 14.0 Å². The molecule has 2 N–H and O–H groups in total. The molecule has 6 nitrogen and oxygen atoms in total. The number of pyridine rings is 1. The van der Waals surface area contributed by atoms with Gasteiger partial charge in [-0.15, -0.1) is 0 Å². The quantitative estimate of drug-likeness (QED) is 0.757. The summed E-state index contributed by atoms with van der Waals surface area (Å²) in [6.07, 6.45) is 2.13. The smallest absolute Gasteiger partial charge is 0.249 e. The van der Waals surface area contributed by atoms with Gasteiger partial charge in [-0.1, -0.05) is 12.1 Å². The molecule has 7 heteroatoms. The van der Waals surface area contributed by atoms with Gasteiger partial charge in [0.2, 0.25) is 11.5 Å². The summed E-state index contributed by atoms with van der Waals surface area (Å²) in [5.74, 6) is -0.112. The first kappa shape index (κ1) is 16.5. The number of hydrogen-bond donors (Lipinski definition) is 2. The molecule has 1 saturated heterocycles. The van der Waals surface area contributed by atoms with Crippen LogP contribution in [0.25, 0.3) is 11.0 Å². The molecule has 26 heavy (non-hydrogen) atoms. The van der Waals surface area contributed by atoms with Crippen LogP contribution >= 0.6 is 0 Å². The fourth-order valence-electron chi connectivity index (χ4n) is 3.58. The Bertz CT molecular complexity index is 993. The minimum absolute atomic E-state index is 0.0403. The lowest BCUT2D eigenvalue weighted by Gasteiger charge is -2.32. The van der Waals surface area contributed by atoms with Gasteiger partial charge in [-0.25, -0.2) is 4.39 Å². The highest BCUT2D eigenvalue weighted by Gasteiger charge is 2.27. The van der Waals surface area contributed by atoms with Crippen LogP contribution in [0.4, 0.5) is 4.39 Å². The van der Waals surface area contributed by atoms with E-state index < -0.39 is 0 Å².